The Morgan fingerprint density at radius 1 is 1.34 bits per heavy atom. The molecule has 0 spiro atoms. The predicted octanol–water partition coefficient (Wildman–Crippen LogP) is 2.63. The highest BCUT2D eigenvalue weighted by molar-refractivity contribution is 7.16. The maximum atomic E-state index is 12.2. The van der Waals surface area contributed by atoms with Crippen molar-refractivity contribution in [2.75, 3.05) is 5.32 Å². The molecular formula is C22H22ClN5O3S. The van der Waals surface area contributed by atoms with Crippen LogP contribution in [0.15, 0.2) is 18.5 Å². The molecule has 10 heteroatoms. The van der Waals surface area contributed by atoms with Crippen LogP contribution in [0, 0.1) is 23.2 Å². The Labute approximate surface area is 193 Å². The normalized spacial score (nSPS) is 28.5. The van der Waals surface area contributed by atoms with Crippen molar-refractivity contribution in [2.24, 2.45) is 11.3 Å². The number of ketones is 1. The van der Waals surface area contributed by atoms with Crippen molar-refractivity contribution < 1.29 is 15.0 Å². The third-order valence-electron chi connectivity index (χ3n) is 6.37. The van der Waals surface area contributed by atoms with Crippen LogP contribution >= 0.6 is 22.9 Å². The second-order valence-electron chi connectivity index (χ2n) is 8.71. The van der Waals surface area contributed by atoms with E-state index >= 15 is 0 Å². The van der Waals surface area contributed by atoms with Gasteiger partial charge in [0.05, 0.1) is 33.1 Å². The molecular weight excluding hydrogens is 450 g/mol. The van der Waals surface area contributed by atoms with Crippen molar-refractivity contribution in [3.63, 3.8) is 0 Å². The number of aromatic nitrogens is 4. The van der Waals surface area contributed by atoms with Gasteiger partial charge in [-0.1, -0.05) is 11.6 Å². The lowest BCUT2D eigenvalue weighted by molar-refractivity contribution is -0.128. The molecule has 3 aromatic heterocycles. The summed E-state index contributed by atoms with van der Waals surface area (Å²) < 4.78 is 2.41. The Hall–Kier alpha value is -2.51. The summed E-state index contributed by atoms with van der Waals surface area (Å²) in [4.78, 5) is 26.7. The highest BCUT2D eigenvalue weighted by Gasteiger charge is 2.74. The summed E-state index contributed by atoms with van der Waals surface area (Å²) in [5, 5.41) is 24.7. The maximum absolute atomic E-state index is 12.2. The van der Waals surface area contributed by atoms with Crippen molar-refractivity contribution in [3.8, 4) is 11.8 Å². The molecule has 0 bridgehead atoms. The fraction of sp³-hybridized carbons (Fsp3) is 0.455. The number of fused-ring (bicyclic) bond motifs is 2. The Balaban J connectivity index is 1.61. The van der Waals surface area contributed by atoms with E-state index in [4.69, 9.17) is 11.6 Å². The minimum Gasteiger partial charge on any atom is -0.389 e. The molecule has 8 nitrogen and oxygen atoms in total. The average molecular weight is 472 g/mol. The van der Waals surface area contributed by atoms with Gasteiger partial charge >= 0.3 is 0 Å². The van der Waals surface area contributed by atoms with Crippen LogP contribution in [0.4, 0.5) is 5.82 Å². The number of nitrogens with one attached hydrogen (secondary N) is 1. The first-order valence-electron chi connectivity index (χ1n) is 10.4. The summed E-state index contributed by atoms with van der Waals surface area (Å²) >= 11 is 7.36. The van der Waals surface area contributed by atoms with E-state index in [0.717, 1.165) is 4.88 Å². The number of hydrogen-bond donors (Lipinski definition) is 3. The summed E-state index contributed by atoms with van der Waals surface area (Å²) in [5.74, 6) is 6.59. The molecule has 0 amide bonds. The molecule has 5 atom stereocenters. The fourth-order valence-electron chi connectivity index (χ4n) is 4.84. The highest BCUT2D eigenvalue weighted by atomic mass is 35.5. The van der Waals surface area contributed by atoms with E-state index in [1.807, 2.05) is 19.9 Å². The van der Waals surface area contributed by atoms with E-state index in [9.17, 15) is 15.0 Å². The number of hydrogen-bond acceptors (Lipinski definition) is 8. The molecule has 3 heterocycles. The van der Waals surface area contributed by atoms with E-state index in [1.165, 1.54) is 18.3 Å². The first kappa shape index (κ1) is 21.3. The van der Waals surface area contributed by atoms with Gasteiger partial charge in [0.2, 0.25) is 5.82 Å². The van der Waals surface area contributed by atoms with Crippen LogP contribution in [0.3, 0.4) is 0 Å². The van der Waals surface area contributed by atoms with Gasteiger partial charge in [-0.15, -0.1) is 11.3 Å². The quantitative estimate of drug-likeness (QED) is 0.501. The van der Waals surface area contributed by atoms with Gasteiger partial charge in [0.25, 0.3) is 0 Å². The molecule has 0 saturated heterocycles. The minimum absolute atomic E-state index is 0.0982. The molecule has 2 aliphatic carbocycles. The number of thiophene rings is 1. The Kier molecular flexibility index (Phi) is 5.02. The second kappa shape index (κ2) is 7.52. The maximum Gasteiger partial charge on any atom is 0.209 e. The number of halogens is 1. The Bertz CT molecular complexity index is 1290. The third kappa shape index (κ3) is 3.21. The summed E-state index contributed by atoms with van der Waals surface area (Å²) in [6.45, 7) is 5.46. The number of imidazole rings is 1. The fourth-order valence-corrected chi connectivity index (χ4v) is 5.73. The zero-order chi connectivity index (χ0) is 22.8. The topological polar surface area (TPSA) is 113 Å². The lowest BCUT2D eigenvalue weighted by Gasteiger charge is -2.23. The molecule has 0 aliphatic heterocycles. The molecule has 5 rings (SSSR count). The molecule has 2 aliphatic rings. The first-order chi connectivity index (χ1) is 15.2. The van der Waals surface area contributed by atoms with Crippen molar-refractivity contribution >= 4 is 45.7 Å². The van der Waals surface area contributed by atoms with Gasteiger partial charge in [-0.05, 0) is 57.1 Å². The van der Waals surface area contributed by atoms with Crippen molar-refractivity contribution in [1.82, 2.24) is 19.5 Å². The van der Waals surface area contributed by atoms with E-state index in [0.29, 0.717) is 33.6 Å². The van der Waals surface area contributed by atoms with E-state index in [1.54, 1.807) is 17.0 Å². The minimum atomic E-state index is -1.11. The van der Waals surface area contributed by atoms with Gasteiger partial charge in [-0.25, -0.2) is 15.0 Å². The standard InChI is InChI=1S/C22H22ClN5O3S/c1-10(2)25-20-16-21(27-15(26-20)7-5-12-4-6-14(23)32-12)28(9-24-16)17-13-8-22(13,11(3)29)19(31)18(17)30/h4,6,9-10,13,17-19,30-31H,8H2,1-3H3,(H,25,26,27)/t13?,17-,18+,19?,22+/m1/s1. The molecule has 2 unspecified atom stereocenters. The van der Waals surface area contributed by atoms with Gasteiger partial charge in [0.1, 0.15) is 11.9 Å². The number of rotatable bonds is 4. The number of nitrogens with zero attached hydrogens (tertiary/aromatic N) is 4. The van der Waals surface area contributed by atoms with Crippen LogP contribution in [0.25, 0.3) is 11.2 Å². The van der Waals surface area contributed by atoms with Crippen molar-refractivity contribution in [3.05, 3.63) is 33.5 Å². The SMILES string of the molecule is CC(=O)[C@@]12CC1[C@@H](n1cnc3c(NC(C)C)nc(C#Cc4ccc(Cl)s4)nc31)[C@H](O)C2O. The van der Waals surface area contributed by atoms with Crippen LogP contribution in [-0.2, 0) is 4.79 Å². The largest absolute Gasteiger partial charge is 0.389 e. The zero-order valence-electron chi connectivity index (χ0n) is 17.7. The summed E-state index contributed by atoms with van der Waals surface area (Å²) in [6, 6.07) is 3.21. The van der Waals surface area contributed by atoms with Crippen molar-refractivity contribution in [2.45, 2.75) is 51.5 Å². The highest BCUT2D eigenvalue weighted by Crippen LogP contribution is 2.68. The number of carbonyl (C=O) groups excluding carboxylic acids is 1. The molecule has 166 valence electrons. The third-order valence-corrected chi connectivity index (χ3v) is 7.51. The summed E-state index contributed by atoms with van der Waals surface area (Å²) in [7, 11) is 0. The van der Waals surface area contributed by atoms with Gasteiger partial charge in [-0.2, -0.15) is 0 Å². The molecule has 32 heavy (non-hydrogen) atoms. The Morgan fingerprint density at radius 2 is 2.12 bits per heavy atom. The lowest BCUT2D eigenvalue weighted by atomic mass is 9.95. The summed E-state index contributed by atoms with van der Waals surface area (Å²) in [6.07, 6.45) is -0.0607. The summed E-state index contributed by atoms with van der Waals surface area (Å²) in [5.41, 5.74) is 0.165. The molecule has 3 N–H and O–H groups in total. The number of Topliss-reactive ketones (excluding diaryl/α,β-unsaturated/α-hetero) is 1. The average Bonchev–Trinajstić information content (AvgIpc) is 2.98. The first-order valence-corrected chi connectivity index (χ1v) is 11.6. The van der Waals surface area contributed by atoms with E-state index < -0.39 is 23.7 Å². The second-order valence-corrected chi connectivity index (χ2v) is 10.4. The number of anilines is 1. The van der Waals surface area contributed by atoms with Crippen molar-refractivity contribution in [1.29, 1.82) is 0 Å². The molecule has 0 radical (unpaired) electrons. The monoisotopic (exact) mass is 471 g/mol. The molecule has 2 fully saturated rings. The predicted molar refractivity (Wildman–Crippen MR) is 122 cm³/mol. The van der Waals surface area contributed by atoms with Gasteiger partial charge in [0.15, 0.2) is 17.0 Å². The van der Waals surface area contributed by atoms with Crippen LogP contribution in [-0.4, -0.2) is 53.8 Å². The lowest BCUT2D eigenvalue weighted by Crippen LogP contribution is -2.36. The molecule has 2 saturated carbocycles. The number of carbonyl (C=O) groups is 1. The van der Waals surface area contributed by atoms with Crippen LogP contribution < -0.4 is 5.32 Å². The van der Waals surface area contributed by atoms with Gasteiger partial charge in [0, 0.05) is 6.04 Å². The van der Waals surface area contributed by atoms with Gasteiger partial charge < -0.3 is 20.1 Å². The van der Waals surface area contributed by atoms with E-state index in [2.05, 4.69) is 32.1 Å². The van der Waals surface area contributed by atoms with Crippen LogP contribution in [0.1, 0.15) is 43.9 Å². The Morgan fingerprint density at radius 3 is 2.75 bits per heavy atom. The number of aliphatic hydroxyl groups excluding tert-OH is 2. The smallest absolute Gasteiger partial charge is 0.209 e. The van der Waals surface area contributed by atoms with Crippen LogP contribution in [0.5, 0.6) is 0 Å². The molecule has 0 aromatic carbocycles. The van der Waals surface area contributed by atoms with Gasteiger partial charge in [-0.3, -0.25) is 4.79 Å². The van der Waals surface area contributed by atoms with Crippen LogP contribution in [0.2, 0.25) is 4.34 Å². The zero-order valence-corrected chi connectivity index (χ0v) is 19.3. The van der Waals surface area contributed by atoms with E-state index in [-0.39, 0.29) is 17.7 Å². The molecule has 3 aromatic rings. The number of aliphatic hydroxyl groups is 2.